The van der Waals surface area contributed by atoms with Gasteiger partial charge >= 0.3 is 0 Å². The third-order valence-electron chi connectivity index (χ3n) is 3.48. The predicted octanol–water partition coefficient (Wildman–Crippen LogP) is 4.57. The maximum atomic E-state index is 4.39. The average molecular weight is 324 g/mol. The summed E-state index contributed by atoms with van der Waals surface area (Å²) in [6.45, 7) is 9.88. The fourth-order valence-corrected chi connectivity index (χ4v) is 4.01. The minimum atomic E-state index is 0.0524. The number of thiophene rings is 1. The van der Waals surface area contributed by atoms with Crippen LogP contribution in [0.15, 0.2) is 16.8 Å². The zero-order valence-corrected chi connectivity index (χ0v) is 15.0. The lowest BCUT2D eigenvalue weighted by Gasteiger charge is -2.22. The number of aryl methyl sites for hydroxylation is 1. The molecule has 0 aliphatic heterocycles. The normalized spacial score (nSPS) is 13.5. The van der Waals surface area contributed by atoms with Crippen LogP contribution >= 0.6 is 22.9 Å². The highest BCUT2D eigenvalue weighted by molar-refractivity contribution is 7.08. The highest BCUT2D eigenvalue weighted by atomic mass is 32.1. The van der Waals surface area contributed by atoms with E-state index in [-0.39, 0.29) is 5.41 Å². The molecule has 3 nitrogen and oxygen atoms in total. The van der Waals surface area contributed by atoms with Crippen LogP contribution in [-0.4, -0.2) is 16.1 Å². The van der Waals surface area contributed by atoms with Crippen molar-refractivity contribution in [1.29, 1.82) is 0 Å². The summed E-state index contributed by atoms with van der Waals surface area (Å²) < 4.78 is 4.22. The molecule has 1 unspecified atom stereocenters. The van der Waals surface area contributed by atoms with E-state index in [0.29, 0.717) is 6.04 Å². The van der Waals surface area contributed by atoms with Gasteiger partial charge in [-0.05, 0) is 59.7 Å². The van der Waals surface area contributed by atoms with Crippen LogP contribution in [0.5, 0.6) is 0 Å². The minimum Gasteiger partial charge on any atom is -0.309 e. The average Bonchev–Trinajstić information content (AvgIpc) is 3.09. The molecule has 5 heteroatoms. The van der Waals surface area contributed by atoms with E-state index in [4.69, 9.17) is 0 Å². The zero-order chi connectivity index (χ0) is 15.3. The van der Waals surface area contributed by atoms with E-state index in [1.807, 2.05) is 0 Å². The van der Waals surface area contributed by atoms with Gasteiger partial charge in [-0.3, -0.25) is 0 Å². The number of nitrogens with one attached hydrogen (secondary N) is 1. The number of nitrogens with zero attached hydrogens (tertiary/aromatic N) is 2. The van der Waals surface area contributed by atoms with Crippen molar-refractivity contribution in [1.82, 2.24) is 14.9 Å². The lowest BCUT2D eigenvalue weighted by molar-refractivity contribution is 0.483. The number of hydrogen-bond acceptors (Lipinski definition) is 5. The van der Waals surface area contributed by atoms with Gasteiger partial charge in [-0.25, -0.2) is 0 Å². The Morgan fingerprint density at radius 2 is 2.14 bits per heavy atom. The molecular formula is C16H25N3S2. The molecule has 0 aliphatic rings. The van der Waals surface area contributed by atoms with Gasteiger partial charge in [-0.2, -0.15) is 11.3 Å². The molecule has 0 saturated heterocycles. The highest BCUT2D eigenvalue weighted by Gasteiger charge is 2.26. The van der Waals surface area contributed by atoms with Crippen LogP contribution in [0.4, 0.5) is 0 Å². The Balaban J connectivity index is 2.13. The second kappa shape index (κ2) is 7.47. The number of hydrogen-bond donors (Lipinski definition) is 1. The topological polar surface area (TPSA) is 37.8 Å². The van der Waals surface area contributed by atoms with E-state index >= 15 is 0 Å². The van der Waals surface area contributed by atoms with Crippen LogP contribution < -0.4 is 5.32 Å². The van der Waals surface area contributed by atoms with E-state index in [1.54, 1.807) is 22.9 Å². The van der Waals surface area contributed by atoms with Gasteiger partial charge in [0, 0.05) is 11.5 Å². The monoisotopic (exact) mass is 323 g/mol. The fraction of sp³-hybridized carbons (Fsp3) is 0.625. The molecule has 2 aromatic rings. The minimum absolute atomic E-state index is 0.0524. The van der Waals surface area contributed by atoms with Gasteiger partial charge in [-0.1, -0.05) is 32.2 Å². The Hall–Kier alpha value is -0.780. The molecule has 2 heterocycles. The first-order valence-electron chi connectivity index (χ1n) is 7.59. The Morgan fingerprint density at radius 3 is 2.76 bits per heavy atom. The van der Waals surface area contributed by atoms with Gasteiger partial charge in [0.25, 0.3) is 0 Å². The Kier molecular flexibility index (Phi) is 5.90. The van der Waals surface area contributed by atoms with Crippen molar-refractivity contribution in [2.45, 2.75) is 58.4 Å². The van der Waals surface area contributed by atoms with Gasteiger partial charge < -0.3 is 5.32 Å². The second-order valence-corrected chi connectivity index (χ2v) is 7.98. The summed E-state index contributed by atoms with van der Waals surface area (Å²) in [4.78, 5) is 1.31. The SMILES string of the molecule is CCCNC(CCc1ccsc1)c1snnc1C(C)(C)C. The zero-order valence-electron chi connectivity index (χ0n) is 13.3. The summed E-state index contributed by atoms with van der Waals surface area (Å²) in [5.74, 6) is 0. The Morgan fingerprint density at radius 1 is 1.33 bits per heavy atom. The Labute approximate surface area is 136 Å². The smallest absolute Gasteiger partial charge is 0.0857 e. The standard InChI is InChI=1S/C16H25N3S2/c1-5-9-17-13(7-6-12-8-10-20-11-12)14-15(16(2,3)4)18-19-21-14/h8,10-11,13,17H,5-7,9H2,1-4H3. The lowest BCUT2D eigenvalue weighted by Crippen LogP contribution is -2.25. The molecule has 1 atom stereocenters. The summed E-state index contributed by atoms with van der Waals surface area (Å²) in [5.41, 5.74) is 2.63. The van der Waals surface area contributed by atoms with E-state index in [9.17, 15) is 0 Å². The molecule has 0 aliphatic carbocycles. The number of rotatable bonds is 7. The molecule has 0 amide bonds. The molecule has 0 aromatic carbocycles. The molecule has 2 rings (SSSR count). The molecule has 21 heavy (non-hydrogen) atoms. The van der Waals surface area contributed by atoms with Crippen LogP contribution in [0, 0.1) is 0 Å². The summed E-state index contributed by atoms with van der Waals surface area (Å²) >= 11 is 3.32. The number of aromatic nitrogens is 2. The molecule has 116 valence electrons. The van der Waals surface area contributed by atoms with Crippen molar-refractivity contribution in [2.24, 2.45) is 0 Å². The second-order valence-electron chi connectivity index (χ2n) is 6.41. The Bertz CT molecular complexity index is 526. The van der Waals surface area contributed by atoms with Gasteiger partial charge in [0.05, 0.1) is 10.6 Å². The van der Waals surface area contributed by atoms with Gasteiger partial charge in [-0.15, -0.1) is 5.10 Å². The van der Waals surface area contributed by atoms with Crippen molar-refractivity contribution in [3.05, 3.63) is 33.0 Å². The van der Waals surface area contributed by atoms with E-state index in [0.717, 1.165) is 31.5 Å². The molecule has 0 spiro atoms. The van der Waals surface area contributed by atoms with Crippen LogP contribution in [0.2, 0.25) is 0 Å². The van der Waals surface area contributed by atoms with Crippen LogP contribution in [0.1, 0.15) is 62.7 Å². The molecule has 1 N–H and O–H groups in total. The van der Waals surface area contributed by atoms with E-state index in [1.165, 1.54) is 10.4 Å². The van der Waals surface area contributed by atoms with Gasteiger partial charge in [0.1, 0.15) is 0 Å². The highest BCUT2D eigenvalue weighted by Crippen LogP contribution is 2.32. The predicted molar refractivity (Wildman–Crippen MR) is 92.3 cm³/mol. The lowest BCUT2D eigenvalue weighted by atomic mass is 9.89. The van der Waals surface area contributed by atoms with Crippen molar-refractivity contribution >= 4 is 22.9 Å². The molecule has 0 fully saturated rings. The first kappa shape index (κ1) is 16.6. The quantitative estimate of drug-likeness (QED) is 0.811. The first-order valence-corrected chi connectivity index (χ1v) is 9.31. The van der Waals surface area contributed by atoms with Crippen molar-refractivity contribution in [2.75, 3.05) is 6.54 Å². The molecule has 0 bridgehead atoms. The summed E-state index contributed by atoms with van der Waals surface area (Å²) in [5, 5.41) is 12.5. The summed E-state index contributed by atoms with van der Waals surface area (Å²) in [7, 11) is 0. The van der Waals surface area contributed by atoms with Crippen molar-refractivity contribution < 1.29 is 0 Å². The largest absolute Gasteiger partial charge is 0.309 e. The third kappa shape index (κ3) is 4.59. The maximum Gasteiger partial charge on any atom is 0.0857 e. The summed E-state index contributed by atoms with van der Waals surface area (Å²) in [6.07, 6.45) is 3.35. The summed E-state index contributed by atoms with van der Waals surface area (Å²) in [6, 6.07) is 2.58. The fourth-order valence-electron chi connectivity index (χ4n) is 2.34. The third-order valence-corrected chi connectivity index (χ3v) is 5.05. The van der Waals surface area contributed by atoms with E-state index < -0.39 is 0 Å². The van der Waals surface area contributed by atoms with Crippen LogP contribution in [0.25, 0.3) is 0 Å². The van der Waals surface area contributed by atoms with Crippen molar-refractivity contribution in [3.8, 4) is 0 Å². The molecule has 0 radical (unpaired) electrons. The molecular weight excluding hydrogens is 298 g/mol. The van der Waals surface area contributed by atoms with Crippen LogP contribution in [-0.2, 0) is 11.8 Å². The van der Waals surface area contributed by atoms with E-state index in [2.05, 4.69) is 59.4 Å². The van der Waals surface area contributed by atoms with Crippen LogP contribution in [0.3, 0.4) is 0 Å². The first-order chi connectivity index (χ1) is 10.0. The van der Waals surface area contributed by atoms with Crippen molar-refractivity contribution in [3.63, 3.8) is 0 Å². The van der Waals surface area contributed by atoms with Gasteiger partial charge in [0.2, 0.25) is 0 Å². The molecule has 2 aromatic heterocycles. The molecule has 0 saturated carbocycles. The van der Waals surface area contributed by atoms with Gasteiger partial charge in [0.15, 0.2) is 0 Å². The maximum absolute atomic E-state index is 4.39.